The van der Waals surface area contributed by atoms with Crippen molar-refractivity contribution >= 4 is 27.1 Å². The standard InChI is InChI=1S/C4H9NO2S.C4H8OS/c1-2-8(6,7)4-3-5;1-2-3-4(5)6/h2H,1,3-5H2;2-3H2,1H3,(H,5,6). The predicted molar refractivity (Wildman–Crippen MR) is 63.2 cm³/mol. The van der Waals surface area contributed by atoms with Gasteiger partial charge in [-0.2, -0.15) is 0 Å². The maximum absolute atomic E-state index is 10.4. The quantitative estimate of drug-likeness (QED) is 0.704. The Kier molecular flexibility index (Phi) is 10.4. The minimum atomic E-state index is -3.03. The minimum Gasteiger partial charge on any atom is -0.502 e. The van der Waals surface area contributed by atoms with Crippen molar-refractivity contribution in [3.05, 3.63) is 12.0 Å². The lowest BCUT2D eigenvalue weighted by Gasteiger charge is -1.89. The van der Waals surface area contributed by atoms with Gasteiger partial charge in [-0.3, -0.25) is 0 Å². The molecule has 14 heavy (non-hydrogen) atoms. The zero-order chi connectivity index (χ0) is 11.6. The van der Waals surface area contributed by atoms with E-state index in [-0.39, 0.29) is 17.3 Å². The monoisotopic (exact) mass is 239 g/mol. The fourth-order valence-corrected chi connectivity index (χ4v) is 1.16. The molecule has 0 aromatic heterocycles. The molecule has 0 spiro atoms. The number of sulfone groups is 1. The van der Waals surface area contributed by atoms with Crippen molar-refractivity contribution in [3.8, 4) is 0 Å². The summed E-state index contributed by atoms with van der Waals surface area (Å²) in [6.07, 6.45) is 1.60. The molecule has 0 saturated carbocycles. The number of thiocarbonyl (C=S) groups is 1. The molecule has 4 nitrogen and oxygen atoms in total. The summed E-state index contributed by atoms with van der Waals surface area (Å²) in [4.78, 5) is 0. The van der Waals surface area contributed by atoms with Crippen molar-refractivity contribution in [3.63, 3.8) is 0 Å². The average molecular weight is 239 g/mol. The lowest BCUT2D eigenvalue weighted by molar-refractivity contribution is 0.546. The largest absolute Gasteiger partial charge is 0.502 e. The lowest BCUT2D eigenvalue weighted by atomic mass is 10.4. The Bertz CT molecular complexity index is 260. The summed E-state index contributed by atoms with van der Waals surface area (Å²) in [6, 6.07) is 0. The van der Waals surface area contributed by atoms with Crippen molar-refractivity contribution in [2.45, 2.75) is 19.8 Å². The Labute approximate surface area is 90.7 Å². The normalized spacial score (nSPS) is 9.86. The zero-order valence-corrected chi connectivity index (χ0v) is 9.90. The summed E-state index contributed by atoms with van der Waals surface area (Å²) in [5.41, 5.74) is 4.96. The fraction of sp³-hybridized carbons (Fsp3) is 0.625. The molecule has 0 radical (unpaired) electrons. The molecule has 3 N–H and O–H groups in total. The molecule has 0 fully saturated rings. The highest BCUT2D eigenvalue weighted by atomic mass is 32.2. The number of hydrogen-bond donors (Lipinski definition) is 2. The van der Waals surface area contributed by atoms with Gasteiger partial charge in [0, 0.05) is 18.4 Å². The second-order valence-corrected chi connectivity index (χ2v) is 5.00. The van der Waals surface area contributed by atoms with E-state index >= 15 is 0 Å². The third kappa shape index (κ3) is 14.1. The highest BCUT2D eigenvalue weighted by Crippen LogP contribution is 1.86. The van der Waals surface area contributed by atoms with Crippen LogP contribution in [-0.4, -0.2) is 30.9 Å². The SMILES string of the molecule is C=CS(=O)(=O)CCN.CCCC(O)=S. The Morgan fingerprint density at radius 3 is 2.21 bits per heavy atom. The molecule has 0 unspecified atom stereocenters. The van der Waals surface area contributed by atoms with Crippen LogP contribution in [0.1, 0.15) is 19.8 Å². The first-order chi connectivity index (χ1) is 6.39. The molecule has 0 aromatic carbocycles. The van der Waals surface area contributed by atoms with Gasteiger partial charge in [0.2, 0.25) is 0 Å². The molecular weight excluding hydrogens is 222 g/mol. The second-order valence-electron chi connectivity index (χ2n) is 2.47. The summed E-state index contributed by atoms with van der Waals surface area (Å²) in [6.45, 7) is 5.24. The van der Waals surface area contributed by atoms with Gasteiger partial charge in [-0.1, -0.05) is 13.5 Å². The second kappa shape index (κ2) is 9.11. The molecule has 0 amide bonds. The van der Waals surface area contributed by atoms with Crippen LogP contribution in [0.5, 0.6) is 0 Å². The maximum Gasteiger partial charge on any atom is 0.172 e. The van der Waals surface area contributed by atoms with Crippen LogP contribution in [0.3, 0.4) is 0 Å². The van der Waals surface area contributed by atoms with Gasteiger partial charge >= 0.3 is 0 Å². The van der Waals surface area contributed by atoms with Crippen molar-refractivity contribution in [2.75, 3.05) is 12.3 Å². The van der Waals surface area contributed by atoms with Gasteiger partial charge in [-0.05, 0) is 18.6 Å². The van der Waals surface area contributed by atoms with Crippen LogP contribution < -0.4 is 5.73 Å². The number of nitrogens with two attached hydrogens (primary N) is 1. The number of rotatable bonds is 5. The molecule has 0 aliphatic carbocycles. The van der Waals surface area contributed by atoms with E-state index in [0.29, 0.717) is 6.42 Å². The van der Waals surface area contributed by atoms with Crippen LogP contribution in [-0.2, 0) is 9.84 Å². The molecule has 6 heteroatoms. The van der Waals surface area contributed by atoms with Crippen molar-refractivity contribution < 1.29 is 13.5 Å². The Hall–Kier alpha value is -0.460. The highest BCUT2D eigenvalue weighted by Gasteiger charge is 1.99. The van der Waals surface area contributed by atoms with E-state index in [4.69, 9.17) is 10.8 Å². The van der Waals surface area contributed by atoms with Crippen LogP contribution in [0, 0.1) is 0 Å². The third-order valence-electron chi connectivity index (χ3n) is 1.12. The van der Waals surface area contributed by atoms with Crippen molar-refractivity contribution in [2.24, 2.45) is 5.73 Å². The molecule has 0 rings (SSSR count). The Morgan fingerprint density at radius 1 is 1.64 bits per heavy atom. The summed E-state index contributed by atoms with van der Waals surface area (Å²) >= 11 is 4.35. The Morgan fingerprint density at radius 2 is 2.14 bits per heavy atom. The minimum absolute atomic E-state index is 0.00347. The van der Waals surface area contributed by atoms with Crippen molar-refractivity contribution in [1.29, 1.82) is 0 Å². The van der Waals surface area contributed by atoms with Gasteiger partial charge in [0.25, 0.3) is 0 Å². The zero-order valence-electron chi connectivity index (χ0n) is 8.27. The van der Waals surface area contributed by atoms with E-state index in [1.54, 1.807) is 0 Å². The first kappa shape index (κ1) is 16.0. The van der Waals surface area contributed by atoms with Gasteiger partial charge in [-0.25, -0.2) is 8.42 Å². The van der Waals surface area contributed by atoms with Gasteiger partial charge < -0.3 is 10.8 Å². The van der Waals surface area contributed by atoms with E-state index in [2.05, 4.69) is 18.8 Å². The number of aliphatic hydroxyl groups excluding tert-OH is 1. The molecule has 0 heterocycles. The Balaban J connectivity index is 0. The summed E-state index contributed by atoms with van der Waals surface area (Å²) in [5.74, 6) is -0.00347. The van der Waals surface area contributed by atoms with Crippen molar-refractivity contribution in [1.82, 2.24) is 0 Å². The molecule has 0 saturated heterocycles. The molecular formula is C8H17NO3S2. The molecule has 0 bridgehead atoms. The van der Waals surface area contributed by atoms with Gasteiger partial charge in [-0.15, -0.1) is 0 Å². The molecule has 0 aromatic rings. The van der Waals surface area contributed by atoms with Crippen LogP contribution in [0.15, 0.2) is 12.0 Å². The third-order valence-corrected chi connectivity index (χ3v) is 2.64. The van der Waals surface area contributed by atoms with Crippen LogP contribution in [0.25, 0.3) is 0 Å². The van der Waals surface area contributed by atoms with E-state index in [1.165, 1.54) is 0 Å². The smallest absolute Gasteiger partial charge is 0.172 e. The number of hydrogen-bond acceptors (Lipinski definition) is 4. The van der Waals surface area contributed by atoms with E-state index < -0.39 is 9.84 Å². The number of aliphatic hydroxyl groups is 1. The van der Waals surface area contributed by atoms with E-state index in [0.717, 1.165) is 11.8 Å². The topological polar surface area (TPSA) is 80.4 Å². The van der Waals surface area contributed by atoms with E-state index in [1.807, 2.05) is 6.92 Å². The molecule has 0 aliphatic heterocycles. The van der Waals surface area contributed by atoms with Gasteiger partial charge in [0.05, 0.1) is 5.75 Å². The molecule has 0 aliphatic rings. The van der Waals surface area contributed by atoms with Crippen LogP contribution in [0.2, 0.25) is 0 Å². The van der Waals surface area contributed by atoms with Crippen LogP contribution in [0.4, 0.5) is 0 Å². The lowest BCUT2D eigenvalue weighted by Crippen LogP contribution is -2.12. The van der Waals surface area contributed by atoms with Gasteiger partial charge in [0.15, 0.2) is 14.9 Å². The summed E-state index contributed by atoms with van der Waals surface area (Å²) < 4.78 is 20.8. The molecule has 84 valence electrons. The fourth-order valence-electron chi connectivity index (χ4n) is 0.461. The molecule has 0 atom stereocenters. The summed E-state index contributed by atoms with van der Waals surface area (Å²) in [5, 5.41) is 9.32. The van der Waals surface area contributed by atoms with E-state index in [9.17, 15) is 8.42 Å². The van der Waals surface area contributed by atoms with Crippen LogP contribution >= 0.6 is 12.2 Å². The first-order valence-electron chi connectivity index (χ1n) is 4.16. The first-order valence-corrected chi connectivity index (χ1v) is 6.29. The highest BCUT2D eigenvalue weighted by molar-refractivity contribution is 7.94. The predicted octanol–water partition coefficient (Wildman–Crippen LogP) is 1.18. The summed E-state index contributed by atoms with van der Waals surface area (Å²) in [7, 11) is -3.03. The van der Waals surface area contributed by atoms with Gasteiger partial charge in [0.1, 0.15) is 0 Å². The average Bonchev–Trinajstić information content (AvgIpc) is 2.05. The maximum atomic E-state index is 10.4.